The van der Waals surface area contributed by atoms with Crippen molar-refractivity contribution in [2.45, 2.75) is 64.1 Å². The first-order chi connectivity index (χ1) is 23.0. The molecule has 9 nitrogen and oxygen atoms in total. The third kappa shape index (κ3) is 9.38. The van der Waals surface area contributed by atoms with Gasteiger partial charge in [-0.3, -0.25) is 13.9 Å². The molecule has 4 aromatic carbocycles. The van der Waals surface area contributed by atoms with Gasteiger partial charge in [-0.15, -0.1) is 0 Å². The van der Waals surface area contributed by atoms with E-state index in [1.807, 2.05) is 70.2 Å². The zero-order valence-corrected chi connectivity index (χ0v) is 29.1. The zero-order valence-electron chi connectivity index (χ0n) is 28.3. The molecule has 0 fully saturated rings. The fraction of sp³-hybridized carbons (Fsp3) is 0.316. The minimum Gasteiger partial charge on any atom is -0.497 e. The summed E-state index contributed by atoms with van der Waals surface area (Å²) in [7, 11) is -2.67. The molecule has 0 aromatic heterocycles. The molecule has 10 heteroatoms. The quantitative estimate of drug-likeness (QED) is 0.153. The number of rotatable bonds is 16. The summed E-state index contributed by atoms with van der Waals surface area (Å²) in [6, 6.07) is 28.8. The normalized spacial score (nSPS) is 12.4. The van der Waals surface area contributed by atoms with Gasteiger partial charge < -0.3 is 19.7 Å². The molecule has 0 unspecified atom stereocenters. The number of nitrogens with one attached hydrogen (secondary N) is 1. The molecule has 0 radical (unpaired) electrons. The number of benzene rings is 4. The van der Waals surface area contributed by atoms with Crippen LogP contribution in [0.2, 0.25) is 0 Å². The largest absolute Gasteiger partial charge is 0.497 e. The predicted octanol–water partition coefficient (Wildman–Crippen LogP) is 6.15. The Kier molecular flexibility index (Phi) is 12.6. The van der Waals surface area contributed by atoms with Gasteiger partial charge in [-0.05, 0) is 86.8 Å². The number of anilines is 1. The van der Waals surface area contributed by atoms with Crippen LogP contribution < -0.4 is 19.1 Å². The van der Waals surface area contributed by atoms with E-state index in [2.05, 4.69) is 5.32 Å². The van der Waals surface area contributed by atoms with Crippen LogP contribution in [0.1, 0.15) is 43.9 Å². The van der Waals surface area contributed by atoms with Crippen LogP contribution in [-0.2, 0) is 32.6 Å². The van der Waals surface area contributed by atoms with E-state index >= 15 is 0 Å². The van der Waals surface area contributed by atoms with Crippen molar-refractivity contribution in [3.05, 3.63) is 120 Å². The van der Waals surface area contributed by atoms with E-state index in [9.17, 15) is 18.0 Å². The van der Waals surface area contributed by atoms with E-state index in [0.29, 0.717) is 30.2 Å². The number of hydrogen-bond donors (Lipinski definition) is 1. The molecular formula is C38H45N3O6S. The Morgan fingerprint density at radius 3 is 2.12 bits per heavy atom. The molecule has 2 amide bonds. The molecule has 0 bridgehead atoms. The van der Waals surface area contributed by atoms with Crippen LogP contribution in [0.15, 0.2) is 108 Å². The van der Waals surface area contributed by atoms with E-state index in [1.165, 1.54) is 17.0 Å². The zero-order chi connectivity index (χ0) is 34.7. The van der Waals surface area contributed by atoms with E-state index in [0.717, 1.165) is 21.0 Å². The maximum atomic E-state index is 14.7. The number of aryl methyl sites for hydroxylation is 1. The molecule has 0 spiro atoms. The molecule has 0 aliphatic rings. The second-order valence-electron chi connectivity index (χ2n) is 11.6. The minimum absolute atomic E-state index is 0.00835. The third-order valence-electron chi connectivity index (χ3n) is 8.08. The lowest BCUT2D eigenvalue weighted by molar-refractivity contribution is -0.140. The monoisotopic (exact) mass is 671 g/mol. The van der Waals surface area contributed by atoms with E-state index in [4.69, 9.17) is 9.47 Å². The topological polar surface area (TPSA) is 105 Å². The average Bonchev–Trinajstić information content (AvgIpc) is 3.09. The van der Waals surface area contributed by atoms with Gasteiger partial charge in [0.05, 0.1) is 24.3 Å². The summed E-state index contributed by atoms with van der Waals surface area (Å²) in [5.41, 5.74) is 2.86. The molecule has 0 aliphatic heterocycles. The minimum atomic E-state index is -4.23. The fourth-order valence-electron chi connectivity index (χ4n) is 5.20. The molecule has 0 saturated heterocycles. The third-order valence-corrected chi connectivity index (χ3v) is 9.87. The second kappa shape index (κ2) is 16.8. The summed E-state index contributed by atoms with van der Waals surface area (Å²) in [6.45, 7) is 7.58. The summed E-state index contributed by atoms with van der Waals surface area (Å²) in [4.78, 5) is 30.1. The summed E-state index contributed by atoms with van der Waals surface area (Å²) >= 11 is 0. The fourth-order valence-corrected chi connectivity index (χ4v) is 6.62. The van der Waals surface area contributed by atoms with Gasteiger partial charge in [-0.2, -0.15) is 0 Å². The molecular weight excluding hydrogens is 627 g/mol. The van der Waals surface area contributed by atoms with Crippen LogP contribution in [0.3, 0.4) is 0 Å². The van der Waals surface area contributed by atoms with Gasteiger partial charge in [-0.1, -0.05) is 67.1 Å². The standard InChI is InChI=1S/C38H45N3O6S/c1-6-29(4)39-38(43)36(25-30-12-9-8-10-13-30)40(26-31-14-11-15-34(24-31)46-5)37(42)27-41(32-18-16-28(3)17-19-32)48(44,45)35-22-20-33(21-23-35)47-7-2/h8-24,29,36H,6-7,25-27H2,1-5H3,(H,39,43)/t29-,36-/m1/s1. The number of methoxy groups -OCH3 is 1. The van der Waals surface area contributed by atoms with Crippen molar-refractivity contribution in [1.82, 2.24) is 10.2 Å². The highest BCUT2D eigenvalue weighted by molar-refractivity contribution is 7.92. The van der Waals surface area contributed by atoms with Crippen molar-refractivity contribution in [3.63, 3.8) is 0 Å². The maximum Gasteiger partial charge on any atom is 0.264 e. The molecule has 0 aliphatic carbocycles. The molecule has 4 aromatic rings. The van der Waals surface area contributed by atoms with Gasteiger partial charge in [0, 0.05) is 19.0 Å². The molecule has 48 heavy (non-hydrogen) atoms. The van der Waals surface area contributed by atoms with Crippen LogP contribution in [0, 0.1) is 6.92 Å². The van der Waals surface area contributed by atoms with Gasteiger partial charge in [0.25, 0.3) is 10.0 Å². The average molecular weight is 672 g/mol. The summed E-state index contributed by atoms with van der Waals surface area (Å²) < 4.78 is 40.6. The Balaban J connectivity index is 1.80. The van der Waals surface area contributed by atoms with Gasteiger partial charge in [0.1, 0.15) is 24.1 Å². The summed E-state index contributed by atoms with van der Waals surface area (Å²) in [5, 5.41) is 3.06. The SMILES string of the molecule is CCOc1ccc(S(=O)(=O)N(CC(=O)N(Cc2cccc(OC)c2)[C@H](Cc2ccccc2)C(=O)N[C@H](C)CC)c2ccc(C)cc2)cc1. The van der Waals surface area contributed by atoms with Gasteiger partial charge in [0.2, 0.25) is 11.8 Å². The van der Waals surface area contributed by atoms with Crippen molar-refractivity contribution < 1.29 is 27.5 Å². The van der Waals surface area contributed by atoms with Gasteiger partial charge in [0.15, 0.2) is 0 Å². The van der Waals surface area contributed by atoms with Crippen LogP contribution in [0.5, 0.6) is 11.5 Å². The first-order valence-electron chi connectivity index (χ1n) is 16.1. The number of sulfonamides is 1. The van der Waals surface area contributed by atoms with E-state index in [1.54, 1.807) is 55.6 Å². The second-order valence-corrected chi connectivity index (χ2v) is 13.5. The van der Waals surface area contributed by atoms with Crippen molar-refractivity contribution in [3.8, 4) is 11.5 Å². The number of hydrogen-bond acceptors (Lipinski definition) is 6. The predicted molar refractivity (Wildman–Crippen MR) is 189 cm³/mol. The van der Waals surface area contributed by atoms with E-state index in [-0.39, 0.29) is 29.8 Å². The number of nitrogens with zero attached hydrogens (tertiary/aromatic N) is 2. The lowest BCUT2D eigenvalue weighted by Gasteiger charge is -2.34. The summed E-state index contributed by atoms with van der Waals surface area (Å²) in [5.74, 6) is 0.284. The molecule has 0 heterocycles. The molecule has 0 saturated carbocycles. The van der Waals surface area contributed by atoms with Crippen molar-refractivity contribution in [1.29, 1.82) is 0 Å². The molecule has 254 valence electrons. The lowest BCUT2D eigenvalue weighted by Crippen LogP contribution is -2.54. The number of ether oxygens (including phenoxy) is 2. The smallest absolute Gasteiger partial charge is 0.264 e. The Labute approximate surface area is 284 Å². The van der Waals surface area contributed by atoms with Gasteiger partial charge in [-0.25, -0.2) is 8.42 Å². The Morgan fingerprint density at radius 2 is 1.50 bits per heavy atom. The molecule has 4 rings (SSSR count). The highest BCUT2D eigenvalue weighted by Crippen LogP contribution is 2.27. The highest BCUT2D eigenvalue weighted by Gasteiger charge is 2.35. The van der Waals surface area contributed by atoms with Crippen molar-refractivity contribution in [2.75, 3.05) is 24.6 Å². The molecule has 2 atom stereocenters. The number of carbonyl (C=O) groups excluding carboxylic acids is 2. The van der Waals surface area contributed by atoms with Crippen LogP contribution >= 0.6 is 0 Å². The number of carbonyl (C=O) groups is 2. The Morgan fingerprint density at radius 1 is 0.833 bits per heavy atom. The van der Waals surface area contributed by atoms with Crippen molar-refractivity contribution >= 4 is 27.5 Å². The first-order valence-corrected chi connectivity index (χ1v) is 17.6. The van der Waals surface area contributed by atoms with Crippen molar-refractivity contribution in [2.24, 2.45) is 0 Å². The van der Waals surface area contributed by atoms with E-state index < -0.39 is 28.5 Å². The number of amides is 2. The highest BCUT2D eigenvalue weighted by atomic mass is 32.2. The Hall–Kier alpha value is -4.83. The first kappa shape index (κ1) is 36.0. The summed E-state index contributed by atoms with van der Waals surface area (Å²) in [6.07, 6.45) is 0.935. The van der Waals surface area contributed by atoms with Crippen LogP contribution in [0.4, 0.5) is 5.69 Å². The van der Waals surface area contributed by atoms with Crippen LogP contribution in [0.25, 0.3) is 0 Å². The lowest BCUT2D eigenvalue weighted by atomic mass is 10.0. The molecule has 1 N–H and O–H groups in total. The Bertz CT molecular complexity index is 1750. The van der Waals surface area contributed by atoms with Crippen LogP contribution in [-0.4, -0.2) is 57.5 Å². The van der Waals surface area contributed by atoms with Gasteiger partial charge >= 0.3 is 0 Å². The maximum absolute atomic E-state index is 14.7.